The van der Waals surface area contributed by atoms with E-state index in [0.717, 1.165) is 5.69 Å². The molecular weight excluding hydrogens is 299 g/mol. The Kier molecular flexibility index (Phi) is 3.73. The van der Waals surface area contributed by atoms with Gasteiger partial charge in [-0.1, -0.05) is 0 Å². The van der Waals surface area contributed by atoms with Gasteiger partial charge in [0.1, 0.15) is 5.82 Å². The molecule has 1 aromatic carbocycles. The molecule has 0 atom stereocenters. The second kappa shape index (κ2) is 5.71. The molecule has 2 aromatic heterocycles. The van der Waals surface area contributed by atoms with Crippen molar-refractivity contribution < 1.29 is 4.39 Å². The molecule has 120 valence electrons. The summed E-state index contributed by atoms with van der Waals surface area (Å²) < 4.78 is 14.6. The number of aromatic amines is 1. The summed E-state index contributed by atoms with van der Waals surface area (Å²) in [6.07, 6.45) is 0. The number of hydrogen-bond donors (Lipinski definition) is 2. The van der Waals surface area contributed by atoms with Gasteiger partial charge in [0.05, 0.1) is 12.2 Å². The Morgan fingerprint density at radius 2 is 2.13 bits per heavy atom. The normalized spacial score (nSPS) is 11.1. The lowest BCUT2D eigenvalue weighted by atomic mass is 10.2. The minimum Gasteiger partial charge on any atom is -0.368 e. The van der Waals surface area contributed by atoms with Crippen LogP contribution in [0.25, 0.3) is 5.78 Å². The largest absolute Gasteiger partial charge is 0.368 e. The fourth-order valence-corrected chi connectivity index (χ4v) is 2.43. The van der Waals surface area contributed by atoms with E-state index in [9.17, 15) is 9.18 Å². The molecule has 0 aliphatic carbocycles. The van der Waals surface area contributed by atoms with E-state index in [0.29, 0.717) is 24.3 Å². The predicted octanol–water partition coefficient (Wildman–Crippen LogP) is 1.47. The van der Waals surface area contributed by atoms with Crippen LogP contribution >= 0.6 is 0 Å². The van der Waals surface area contributed by atoms with Gasteiger partial charge in [0.2, 0.25) is 5.95 Å². The van der Waals surface area contributed by atoms with Gasteiger partial charge in [-0.05, 0) is 37.6 Å². The van der Waals surface area contributed by atoms with E-state index in [1.54, 1.807) is 19.1 Å². The first-order chi connectivity index (χ1) is 11.0. The van der Waals surface area contributed by atoms with E-state index >= 15 is 0 Å². The van der Waals surface area contributed by atoms with Crippen LogP contribution < -0.4 is 16.2 Å². The van der Waals surface area contributed by atoms with Crippen LogP contribution in [-0.4, -0.2) is 26.1 Å². The number of nitrogens with one attached hydrogen (secondary N) is 1. The Balaban J connectivity index is 1.95. The van der Waals surface area contributed by atoms with E-state index in [1.165, 1.54) is 16.6 Å². The highest BCUT2D eigenvalue weighted by atomic mass is 19.1. The van der Waals surface area contributed by atoms with Crippen LogP contribution in [0.3, 0.4) is 0 Å². The summed E-state index contributed by atoms with van der Waals surface area (Å²) in [7, 11) is 0. The van der Waals surface area contributed by atoms with Crippen LogP contribution in [0.1, 0.15) is 18.2 Å². The molecule has 0 saturated carbocycles. The van der Waals surface area contributed by atoms with Gasteiger partial charge in [-0.2, -0.15) is 9.50 Å². The highest BCUT2D eigenvalue weighted by Crippen LogP contribution is 2.19. The number of rotatable bonds is 4. The first-order valence-electron chi connectivity index (χ1n) is 7.23. The van der Waals surface area contributed by atoms with Gasteiger partial charge in [-0.25, -0.2) is 9.37 Å². The highest BCUT2D eigenvalue weighted by molar-refractivity contribution is 5.49. The van der Waals surface area contributed by atoms with Gasteiger partial charge in [-0.3, -0.25) is 9.89 Å². The second-order valence-electron chi connectivity index (χ2n) is 5.28. The first kappa shape index (κ1) is 15.0. The molecule has 3 rings (SSSR count). The molecule has 2 heterocycles. The first-order valence-corrected chi connectivity index (χ1v) is 7.23. The average molecular weight is 316 g/mol. The standard InChI is InChI=1S/C15H17FN6O/c1-3-21(11-4-5-12(16)9(2)6-11)8-10-7-13(23)22-15(18-10)19-14(17)20-22/h4-7H,3,8H2,1-2H3,(H3,17,18,19,20). The highest BCUT2D eigenvalue weighted by Gasteiger charge is 2.11. The average Bonchev–Trinajstić information content (AvgIpc) is 2.89. The van der Waals surface area contributed by atoms with Crippen molar-refractivity contribution in [3.8, 4) is 0 Å². The molecule has 0 saturated heterocycles. The molecular formula is C15H17FN6O. The molecule has 3 aromatic rings. The van der Waals surface area contributed by atoms with Gasteiger partial charge in [0.25, 0.3) is 11.3 Å². The maximum Gasteiger partial charge on any atom is 0.274 e. The fourth-order valence-electron chi connectivity index (χ4n) is 2.43. The molecule has 0 aliphatic rings. The van der Waals surface area contributed by atoms with Crippen LogP contribution in [0.5, 0.6) is 0 Å². The topological polar surface area (TPSA) is 92.3 Å². The van der Waals surface area contributed by atoms with Crippen molar-refractivity contribution in [1.82, 2.24) is 19.6 Å². The lowest BCUT2D eigenvalue weighted by Gasteiger charge is -2.23. The van der Waals surface area contributed by atoms with E-state index in [-0.39, 0.29) is 23.1 Å². The smallest absolute Gasteiger partial charge is 0.274 e. The summed E-state index contributed by atoms with van der Waals surface area (Å²) in [6, 6.07) is 6.36. The number of halogens is 1. The maximum absolute atomic E-state index is 13.4. The number of H-pyrrole nitrogens is 1. The number of aromatic nitrogens is 4. The van der Waals surface area contributed by atoms with Gasteiger partial charge < -0.3 is 10.6 Å². The Morgan fingerprint density at radius 1 is 1.35 bits per heavy atom. The van der Waals surface area contributed by atoms with Gasteiger partial charge in [0.15, 0.2) is 0 Å². The van der Waals surface area contributed by atoms with E-state index in [4.69, 9.17) is 5.73 Å². The zero-order chi connectivity index (χ0) is 16.6. The second-order valence-corrected chi connectivity index (χ2v) is 5.28. The van der Waals surface area contributed by atoms with Gasteiger partial charge in [-0.15, -0.1) is 0 Å². The van der Waals surface area contributed by atoms with Crippen LogP contribution in [0, 0.1) is 12.7 Å². The van der Waals surface area contributed by atoms with E-state index in [1.807, 2.05) is 11.8 Å². The molecule has 0 aliphatic heterocycles. The summed E-state index contributed by atoms with van der Waals surface area (Å²) in [5.41, 5.74) is 7.29. The number of benzene rings is 1. The summed E-state index contributed by atoms with van der Waals surface area (Å²) >= 11 is 0. The van der Waals surface area contributed by atoms with Crippen molar-refractivity contribution in [3.63, 3.8) is 0 Å². The number of aryl methyl sites for hydroxylation is 1. The third-order valence-corrected chi connectivity index (χ3v) is 3.64. The van der Waals surface area contributed by atoms with Gasteiger partial charge in [0, 0.05) is 18.3 Å². The molecule has 0 spiro atoms. The molecule has 0 amide bonds. The van der Waals surface area contributed by atoms with Crippen molar-refractivity contribution in [1.29, 1.82) is 0 Å². The Labute approximate surface area is 131 Å². The van der Waals surface area contributed by atoms with Crippen LogP contribution in [0.15, 0.2) is 29.1 Å². The number of nitrogen functional groups attached to an aromatic ring is 1. The predicted molar refractivity (Wildman–Crippen MR) is 85.9 cm³/mol. The summed E-state index contributed by atoms with van der Waals surface area (Å²) in [4.78, 5) is 22.4. The molecule has 0 unspecified atom stereocenters. The minimum atomic E-state index is -0.277. The van der Waals surface area contributed by atoms with Crippen molar-refractivity contribution in [3.05, 3.63) is 51.7 Å². The molecule has 3 N–H and O–H groups in total. The lowest BCUT2D eigenvalue weighted by Crippen LogP contribution is -2.25. The van der Waals surface area contributed by atoms with Crippen molar-refractivity contribution >= 4 is 17.4 Å². The molecule has 0 fully saturated rings. The number of fused-ring (bicyclic) bond motifs is 1. The molecule has 7 nitrogen and oxygen atoms in total. The zero-order valence-electron chi connectivity index (χ0n) is 12.9. The summed E-state index contributed by atoms with van der Waals surface area (Å²) in [5, 5.41) is 2.62. The quantitative estimate of drug-likeness (QED) is 0.760. The maximum atomic E-state index is 13.4. The lowest BCUT2D eigenvalue weighted by molar-refractivity contribution is 0.618. The van der Waals surface area contributed by atoms with E-state index < -0.39 is 0 Å². The van der Waals surface area contributed by atoms with Gasteiger partial charge >= 0.3 is 0 Å². The molecule has 23 heavy (non-hydrogen) atoms. The van der Waals surface area contributed by atoms with Crippen molar-refractivity contribution in [2.75, 3.05) is 17.2 Å². The number of nitrogens with zero attached hydrogens (tertiary/aromatic N) is 4. The molecule has 0 bridgehead atoms. The molecule has 0 radical (unpaired) electrons. The number of hydrogen-bond acceptors (Lipinski definition) is 5. The summed E-state index contributed by atoms with van der Waals surface area (Å²) in [5.74, 6) is 0.124. The Hall–Kier alpha value is -2.90. The zero-order valence-corrected chi connectivity index (χ0v) is 12.9. The summed E-state index contributed by atoms with van der Waals surface area (Å²) in [6.45, 7) is 4.81. The third-order valence-electron chi connectivity index (χ3n) is 3.64. The minimum absolute atomic E-state index is 0.133. The van der Waals surface area contributed by atoms with Crippen LogP contribution in [0.2, 0.25) is 0 Å². The Bertz CT molecular complexity index is 916. The SMILES string of the molecule is CCN(Cc1cc(=O)n2[nH]c(N)nc2n1)c1ccc(F)c(C)c1. The third kappa shape index (κ3) is 2.87. The van der Waals surface area contributed by atoms with Crippen molar-refractivity contribution in [2.24, 2.45) is 0 Å². The number of nitrogens with two attached hydrogens (primary N) is 1. The monoisotopic (exact) mass is 316 g/mol. The molecule has 8 heteroatoms. The Morgan fingerprint density at radius 3 is 2.83 bits per heavy atom. The van der Waals surface area contributed by atoms with Crippen LogP contribution in [-0.2, 0) is 6.54 Å². The van der Waals surface area contributed by atoms with Crippen LogP contribution in [0.4, 0.5) is 16.0 Å². The van der Waals surface area contributed by atoms with Crippen molar-refractivity contribution in [2.45, 2.75) is 20.4 Å². The van der Waals surface area contributed by atoms with E-state index in [2.05, 4.69) is 15.1 Å². The number of anilines is 2. The fraction of sp³-hybridized carbons (Fsp3) is 0.267.